The second kappa shape index (κ2) is 5.38. The number of aromatic amines is 1. The van der Waals surface area contributed by atoms with E-state index in [4.69, 9.17) is 4.98 Å². The summed E-state index contributed by atoms with van der Waals surface area (Å²) in [4.78, 5) is 10.3. The van der Waals surface area contributed by atoms with E-state index in [1.54, 1.807) is 0 Å². The Morgan fingerprint density at radius 1 is 1.14 bits per heavy atom. The zero-order valence-electron chi connectivity index (χ0n) is 16.0. The lowest BCUT2D eigenvalue weighted by molar-refractivity contribution is 0.767. The Hall–Kier alpha value is -3.28. The molecule has 140 valence electrons. The SMILES string of the molecule is CN(c1ccc2c(-c3cnc4c(c3)C3(CC3)CN4)c[nH]c2c1)c1cnn(C)c1. The Kier molecular flexibility index (Phi) is 3.02. The van der Waals surface area contributed by atoms with E-state index in [1.165, 1.54) is 34.9 Å². The quantitative estimate of drug-likeness (QED) is 0.568. The van der Waals surface area contributed by atoms with E-state index >= 15 is 0 Å². The van der Waals surface area contributed by atoms with Crippen molar-refractivity contribution in [1.82, 2.24) is 19.7 Å². The van der Waals surface area contributed by atoms with Gasteiger partial charge in [-0.2, -0.15) is 5.10 Å². The van der Waals surface area contributed by atoms with Gasteiger partial charge >= 0.3 is 0 Å². The number of aryl methyl sites for hydroxylation is 1. The highest BCUT2D eigenvalue weighted by Crippen LogP contribution is 2.54. The van der Waals surface area contributed by atoms with Gasteiger partial charge in [-0.1, -0.05) is 6.07 Å². The third-order valence-corrected chi connectivity index (χ3v) is 6.35. The minimum Gasteiger partial charge on any atom is -0.369 e. The van der Waals surface area contributed by atoms with Crippen molar-refractivity contribution in [2.24, 2.45) is 7.05 Å². The molecule has 0 bridgehead atoms. The van der Waals surface area contributed by atoms with Crippen LogP contribution in [0.2, 0.25) is 0 Å². The van der Waals surface area contributed by atoms with Crippen LogP contribution in [-0.2, 0) is 12.5 Å². The molecule has 1 aliphatic heterocycles. The smallest absolute Gasteiger partial charge is 0.129 e. The van der Waals surface area contributed by atoms with E-state index in [0.29, 0.717) is 5.41 Å². The Labute approximate surface area is 163 Å². The average Bonchev–Trinajstić information content (AvgIpc) is 3.02. The van der Waals surface area contributed by atoms with Crippen LogP contribution >= 0.6 is 0 Å². The number of hydrogen-bond acceptors (Lipinski definition) is 4. The van der Waals surface area contributed by atoms with Crippen molar-refractivity contribution in [2.75, 3.05) is 23.8 Å². The highest BCUT2D eigenvalue weighted by atomic mass is 15.3. The molecule has 28 heavy (non-hydrogen) atoms. The molecule has 1 spiro atoms. The van der Waals surface area contributed by atoms with Gasteiger partial charge in [-0.25, -0.2) is 4.98 Å². The molecule has 6 rings (SSSR count). The molecule has 4 heterocycles. The zero-order chi connectivity index (χ0) is 18.9. The third-order valence-electron chi connectivity index (χ3n) is 6.35. The fourth-order valence-electron chi connectivity index (χ4n) is 4.39. The summed E-state index contributed by atoms with van der Waals surface area (Å²) >= 11 is 0. The molecule has 1 aromatic carbocycles. The predicted octanol–water partition coefficient (Wildman–Crippen LogP) is 4.19. The number of rotatable bonds is 3. The lowest BCUT2D eigenvalue weighted by atomic mass is 9.96. The van der Waals surface area contributed by atoms with Crippen molar-refractivity contribution < 1.29 is 0 Å². The van der Waals surface area contributed by atoms with Gasteiger partial charge in [0.1, 0.15) is 5.82 Å². The van der Waals surface area contributed by atoms with Gasteiger partial charge in [0.05, 0.1) is 11.9 Å². The second-order valence-corrected chi connectivity index (χ2v) is 8.12. The average molecular weight is 370 g/mol. The maximum absolute atomic E-state index is 4.70. The van der Waals surface area contributed by atoms with Gasteiger partial charge in [-0.3, -0.25) is 4.68 Å². The van der Waals surface area contributed by atoms with Gasteiger partial charge in [-0.05, 0) is 31.0 Å². The first-order valence-electron chi connectivity index (χ1n) is 9.71. The number of H-pyrrole nitrogens is 1. The van der Waals surface area contributed by atoms with E-state index in [9.17, 15) is 0 Å². The lowest BCUT2D eigenvalue weighted by Gasteiger charge is -2.17. The summed E-state index contributed by atoms with van der Waals surface area (Å²) in [6, 6.07) is 8.89. The van der Waals surface area contributed by atoms with E-state index in [1.807, 2.05) is 30.3 Å². The van der Waals surface area contributed by atoms with Crippen LogP contribution in [0.1, 0.15) is 18.4 Å². The highest BCUT2D eigenvalue weighted by molar-refractivity contribution is 5.97. The van der Waals surface area contributed by atoms with Gasteiger partial charge in [0.2, 0.25) is 0 Å². The minimum atomic E-state index is 0.351. The molecule has 3 aromatic heterocycles. The van der Waals surface area contributed by atoms with Crippen LogP contribution in [-0.4, -0.2) is 33.3 Å². The molecular formula is C22H22N6. The summed E-state index contributed by atoms with van der Waals surface area (Å²) < 4.78 is 1.82. The van der Waals surface area contributed by atoms with Crippen molar-refractivity contribution in [2.45, 2.75) is 18.3 Å². The number of nitrogens with one attached hydrogen (secondary N) is 2. The Balaban J connectivity index is 1.40. The first kappa shape index (κ1) is 15.7. The van der Waals surface area contributed by atoms with Crippen molar-refractivity contribution in [3.05, 3.63) is 54.6 Å². The van der Waals surface area contributed by atoms with Crippen LogP contribution < -0.4 is 10.2 Å². The molecular weight excluding hydrogens is 348 g/mol. The first-order chi connectivity index (χ1) is 13.6. The summed E-state index contributed by atoms with van der Waals surface area (Å²) in [5.74, 6) is 1.07. The van der Waals surface area contributed by atoms with Gasteiger partial charge in [0, 0.05) is 77.9 Å². The summed E-state index contributed by atoms with van der Waals surface area (Å²) in [7, 11) is 4.00. The molecule has 0 amide bonds. The fraction of sp³-hybridized carbons (Fsp3) is 0.273. The predicted molar refractivity (Wildman–Crippen MR) is 112 cm³/mol. The van der Waals surface area contributed by atoms with Crippen molar-refractivity contribution >= 4 is 28.1 Å². The highest BCUT2D eigenvalue weighted by Gasteiger charge is 2.49. The number of aromatic nitrogens is 4. The van der Waals surface area contributed by atoms with Gasteiger partial charge in [0.25, 0.3) is 0 Å². The molecule has 2 aliphatic rings. The van der Waals surface area contributed by atoms with E-state index in [0.717, 1.165) is 29.3 Å². The topological polar surface area (TPSA) is 61.8 Å². The number of anilines is 3. The first-order valence-corrected chi connectivity index (χ1v) is 9.71. The standard InChI is InChI=1S/C22H22N6/c1-27-12-16(10-26-27)28(2)15-3-4-17-18(11-23-20(17)8-15)14-7-19-21(24-9-14)25-13-22(19)5-6-22/h3-4,7-12,23H,5-6,13H2,1-2H3,(H,24,25). The van der Waals surface area contributed by atoms with Crippen molar-refractivity contribution in [1.29, 1.82) is 0 Å². The Morgan fingerprint density at radius 2 is 2.04 bits per heavy atom. The van der Waals surface area contributed by atoms with Crippen LogP contribution in [0.3, 0.4) is 0 Å². The Bertz CT molecular complexity index is 1210. The van der Waals surface area contributed by atoms with Crippen molar-refractivity contribution in [3.8, 4) is 11.1 Å². The van der Waals surface area contributed by atoms with E-state index < -0.39 is 0 Å². The van der Waals surface area contributed by atoms with Gasteiger partial charge in [0.15, 0.2) is 0 Å². The number of nitrogens with zero attached hydrogens (tertiary/aromatic N) is 4. The molecule has 1 saturated carbocycles. The van der Waals surface area contributed by atoms with E-state index in [2.05, 4.69) is 57.8 Å². The Morgan fingerprint density at radius 3 is 2.82 bits per heavy atom. The van der Waals surface area contributed by atoms with Crippen LogP contribution in [0.15, 0.2) is 49.1 Å². The van der Waals surface area contributed by atoms with Crippen molar-refractivity contribution in [3.63, 3.8) is 0 Å². The maximum atomic E-state index is 4.70. The molecule has 0 unspecified atom stereocenters. The van der Waals surface area contributed by atoms with E-state index in [-0.39, 0.29) is 0 Å². The molecule has 6 heteroatoms. The number of pyridine rings is 1. The molecule has 0 radical (unpaired) electrons. The van der Waals surface area contributed by atoms with Gasteiger partial charge < -0.3 is 15.2 Å². The largest absolute Gasteiger partial charge is 0.369 e. The molecule has 6 nitrogen and oxygen atoms in total. The van der Waals surface area contributed by atoms with Crippen LogP contribution in [0, 0.1) is 0 Å². The molecule has 0 atom stereocenters. The van der Waals surface area contributed by atoms with Crippen LogP contribution in [0.5, 0.6) is 0 Å². The zero-order valence-corrected chi connectivity index (χ0v) is 16.0. The minimum absolute atomic E-state index is 0.351. The summed E-state index contributed by atoms with van der Waals surface area (Å²) in [6.45, 7) is 1.04. The van der Waals surface area contributed by atoms with Gasteiger partial charge in [-0.15, -0.1) is 0 Å². The summed E-state index contributed by atoms with van der Waals surface area (Å²) in [5, 5.41) is 8.96. The summed E-state index contributed by atoms with van der Waals surface area (Å²) in [5.41, 5.74) is 7.47. The second-order valence-electron chi connectivity index (χ2n) is 8.12. The molecule has 1 fully saturated rings. The molecule has 2 N–H and O–H groups in total. The maximum Gasteiger partial charge on any atom is 0.129 e. The number of fused-ring (bicyclic) bond motifs is 3. The third kappa shape index (κ3) is 2.21. The van der Waals surface area contributed by atoms with Crippen LogP contribution in [0.4, 0.5) is 17.2 Å². The summed E-state index contributed by atoms with van der Waals surface area (Å²) in [6.07, 6.45) is 10.5. The molecule has 4 aromatic rings. The molecule has 0 saturated heterocycles. The number of benzene rings is 1. The van der Waals surface area contributed by atoms with Crippen LogP contribution in [0.25, 0.3) is 22.0 Å². The number of hydrogen-bond donors (Lipinski definition) is 2. The monoisotopic (exact) mass is 370 g/mol. The molecule has 1 aliphatic carbocycles. The normalized spacial score (nSPS) is 16.4. The fourth-order valence-corrected chi connectivity index (χ4v) is 4.39. The lowest BCUT2D eigenvalue weighted by Crippen LogP contribution is -2.08.